The third kappa shape index (κ3) is 3.85. The molecule has 0 saturated heterocycles. The monoisotopic (exact) mass is 335 g/mol. The highest BCUT2D eigenvalue weighted by Gasteiger charge is 2.10. The lowest BCUT2D eigenvalue weighted by Crippen LogP contribution is -2.07. The summed E-state index contributed by atoms with van der Waals surface area (Å²) in [5.74, 6) is 2.34. The summed E-state index contributed by atoms with van der Waals surface area (Å²) in [5.41, 5.74) is 9.73. The van der Waals surface area contributed by atoms with E-state index < -0.39 is 0 Å². The summed E-state index contributed by atoms with van der Waals surface area (Å²) >= 11 is 0. The summed E-state index contributed by atoms with van der Waals surface area (Å²) in [6.45, 7) is 6.39. The molecular weight excluding hydrogens is 314 g/mol. The number of ether oxygens (including phenoxy) is 1. The smallest absolute Gasteiger partial charge is 0.224 e. The maximum absolute atomic E-state index is 6.09. The summed E-state index contributed by atoms with van der Waals surface area (Å²) in [7, 11) is 0. The Morgan fingerprint density at radius 1 is 1.00 bits per heavy atom. The van der Waals surface area contributed by atoms with E-state index >= 15 is 0 Å². The number of hydrogen-bond acceptors (Lipinski definition) is 6. The van der Waals surface area contributed by atoms with Crippen molar-refractivity contribution in [3.63, 3.8) is 0 Å². The highest BCUT2D eigenvalue weighted by Crippen LogP contribution is 2.29. The second-order valence-corrected chi connectivity index (χ2v) is 5.91. The molecule has 2 aromatic heterocycles. The highest BCUT2D eigenvalue weighted by atomic mass is 16.5. The average Bonchev–Trinajstić information content (AvgIpc) is 2.60. The van der Waals surface area contributed by atoms with Crippen LogP contribution in [0.2, 0.25) is 0 Å². The van der Waals surface area contributed by atoms with Gasteiger partial charge < -0.3 is 15.8 Å². The molecule has 0 spiro atoms. The summed E-state index contributed by atoms with van der Waals surface area (Å²) in [5, 5.41) is 3.16. The van der Waals surface area contributed by atoms with Crippen LogP contribution in [0, 0.1) is 20.8 Å². The van der Waals surface area contributed by atoms with Crippen molar-refractivity contribution in [3.05, 3.63) is 65.0 Å². The minimum absolute atomic E-state index is 0.468. The first kappa shape index (κ1) is 16.7. The standard InChI is InChI=1S/C19H21N5O/c1-12-6-4-7-13(2)16(12)25-18-15(8-5-9-21-18)11-23-19-22-10-14(3)17(20)24-19/h4-10H,11H2,1-3H3,(H3,20,22,23,24). The predicted octanol–water partition coefficient (Wildman–Crippen LogP) is 3.78. The molecule has 0 aliphatic carbocycles. The van der Waals surface area contributed by atoms with Crippen molar-refractivity contribution < 1.29 is 4.74 Å². The molecule has 0 bridgehead atoms. The first-order valence-corrected chi connectivity index (χ1v) is 8.05. The molecule has 3 rings (SSSR count). The largest absolute Gasteiger partial charge is 0.438 e. The number of nitrogens with zero attached hydrogens (tertiary/aromatic N) is 3. The van der Waals surface area contributed by atoms with Crippen LogP contribution in [0.5, 0.6) is 11.6 Å². The van der Waals surface area contributed by atoms with Crippen LogP contribution in [-0.2, 0) is 6.54 Å². The van der Waals surface area contributed by atoms with Crippen molar-refractivity contribution >= 4 is 11.8 Å². The third-order valence-electron chi connectivity index (χ3n) is 3.91. The van der Waals surface area contributed by atoms with Gasteiger partial charge in [0.1, 0.15) is 11.6 Å². The van der Waals surface area contributed by atoms with Crippen LogP contribution in [-0.4, -0.2) is 15.0 Å². The Kier molecular flexibility index (Phi) is 4.79. The normalized spacial score (nSPS) is 10.5. The lowest BCUT2D eigenvalue weighted by Gasteiger charge is -2.14. The van der Waals surface area contributed by atoms with Crippen molar-refractivity contribution in [2.75, 3.05) is 11.1 Å². The zero-order chi connectivity index (χ0) is 17.8. The predicted molar refractivity (Wildman–Crippen MR) is 98.7 cm³/mol. The molecule has 0 unspecified atom stereocenters. The highest BCUT2D eigenvalue weighted by molar-refractivity contribution is 5.45. The van der Waals surface area contributed by atoms with Crippen LogP contribution in [0.3, 0.4) is 0 Å². The molecule has 3 N–H and O–H groups in total. The summed E-state index contributed by atoms with van der Waals surface area (Å²) < 4.78 is 6.09. The van der Waals surface area contributed by atoms with Crippen LogP contribution in [0.25, 0.3) is 0 Å². The van der Waals surface area contributed by atoms with Gasteiger partial charge in [0.15, 0.2) is 0 Å². The maximum atomic E-state index is 6.09. The average molecular weight is 335 g/mol. The molecular formula is C19H21N5O. The Hall–Kier alpha value is -3.15. The molecule has 0 aliphatic rings. The van der Waals surface area contributed by atoms with E-state index in [1.54, 1.807) is 12.4 Å². The molecule has 2 heterocycles. The Balaban J connectivity index is 1.80. The Morgan fingerprint density at radius 3 is 2.48 bits per heavy atom. The molecule has 0 amide bonds. The van der Waals surface area contributed by atoms with Crippen LogP contribution in [0.1, 0.15) is 22.3 Å². The molecule has 128 valence electrons. The van der Waals surface area contributed by atoms with Crippen molar-refractivity contribution in [2.45, 2.75) is 27.3 Å². The fourth-order valence-corrected chi connectivity index (χ4v) is 2.42. The van der Waals surface area contributed by atoms with Crippen LogP contribution in [0.4, 0.5) is 11.8 Å². The molecule has 25 heavy (non-hydrogen) atoms. The Labute approximate surface area is 147 Å². The summed E-state index contributed by atoms with van der Waals surface area (Å²) in [6.07, 6.45) is 3.41. The van der Waals surface area contributed by atoms with E-state index in [0.717, 1.165) is 28.0 Å². The van der Waals surface area contributed by atoms with Crippen LogP contribution in [0.15, 0.2) is 42.7 Å². The van der Waals surface area contributed by atoms with Gasteiger partial charge in [0.25, 0.3) is 0 Å². The number of hydrogen-bond donors (Lipinski definition) is 2. The molecule has 3 aromatic rings. The van der Waals surface area contributed by atoms with Gasteiger partial charge in [-0.1, -0.05) is 24.3 Å². The fourth-order valence-electron chi connectivity index (χ4n) is 2.42. The van der Waals surface area contributed by atoms with E-state index in [2.05, 4.69) is 20.3 Å². The van der Waals surface area contributed by atoms with Crippen LogP contribution < -0.4 is 15.8 Å². The van der Waals surface area contributed by atoms with Gasteiger partial charge in [0.05, 0.1) is 0 Å². The maximum Gasteiger partial charge on any atom is 0.224 e. The number of para-hydroxylation sites is 1. The Bertz CT molecular complexity index is 874. The SMILES string of the molecule is Cc1cnc(NCc2cccnc2Oc2c(C)cccc2C)nc1N. The van der Waals surface area contributed by atoms with Crippen LogP contribution >= 0.6 is 0 Å². The molecule has 0 radical (unpaired) electrons. The quantitative estimate of drug-likeness (QED) is 0.738. The molecule has 1 aromatic carbocycles. The molecule has 0 saturated carbocycles. The van der Waals surface area contributed by atoms with Gasteiger partial charge in [-0.15, -0.1) is 0 Å². The molecule has 6 heteroatoms. The number of nitrogens with one attached hydrogen (secondary N) is 1. The van der Waals surface area contributed by atoms with E-state index in [0.29, 0.717) is 24.2 Å². The zero-order valence-electron chi connectivity index (χ0n) is 14.6. The van der Waals surface area contributed by atoms with Crippen molar-refractivity contribution in [2.24, 2.45) is 0 Å². The minimum atomic E-state index is 0.468. The second-order valence-electron chi connectivity index (χ2n) is 5.91. The number of nitrogens with two attached hydrogens (primary N) is 1. The minimum Gasteiger partial charge on any atom is -0.438 e. The number of pyridine rings is 1. The van der Waals surface area contributed by atoms with Crippen molar-refractivity contribution in [1.29, 1.82) is 0 Å². The van der Waals surface area contributed by atoms with Gasteiger partial charge in [-0.25, -0.2) is 9.97 Å². The topological polar surface area (TPSA) is 86.0 Å². The number of aryl methyl sites for hydroxylation is 3. The molecule has 0 aliphatic heterocycles. The molecule has 0 atom stereocenters. The van der Waals surface area contributed by atoms with Gasteiger partial charge >= 0.3 is 0 Å². The fraction of sp³-hybridized carbons (Fsp3) is 0.211. The lowest BCUT2D eigenvalue weighted by molar-refractivity contribution is 0.450. The van der Waals surface area contributed by atoms with E-state index in [1.165, 1.54) is 0 Å². The van der Waals surface area contributed by atoms with Gasteiger partial charge in [-0.3, -0.25) is 0 Å². The molecule has 0 fully saturated rings. The number of rotatable bonds is 5. The second kappa shape index (κ2) is 7.17. The first-order chi connectivity index (χ1) is 12.0. The first-order valence-electron chi connectivity index (χ1n) is 8.05. The van der Waals surface area contributed by atoms with E-state index in [-0.39, 0.29) is 0 Å². The number of benzene rings is 1. The third-order valence-corrected chi connectivity index (χ3v) is 3.91. The molecule has 6 nitrogen and oxygen atoms in total. The van der Waals surface area contributed by atoms with Gasteiger partial charge in [0, 0.05) is 30.1 Å². The van der Waals surface area contributed by atoms with Crippen molar-refractivity contribution in [3.8, 4) is 11.6 Å². The summed E-state index contributed by atoms with van der Waals surface area (Å²) in [4.78, 5) is 12.8. The van der Waals surface area contributed by atoms with Gasteiger partial charge in [-0.2, -0.15) is 4.98 Å². The Morgan fingerprint density at radius 2 is 1.76 bits per heavy atom. The zero-order valence-corrected chi connectivity index (χ0v) is 14.6. The van der Waals surface area contributed by atoms with Gasteiger partial charge in [0.2, 0.25) is 11.8 Å². The lowest BCUT2D eigenvalue weighted by atomic mass is 10.1. The van der Waals surface area contributed by atoms with Gasteiger partial charge in [-0.05, 0) is 38.0 Å². The number of aromatic nitrogens is 3. The van der Waals surface area contributed by atoms with E-state index in [4.69, 9.17) is 10.5 Å². The van der Waals surface area contributed by atoms with Crippen molar-refractivity contribution in [1.82, 2.24) is 15.0 Å². The van der Waals surface area contributed by atoms with E-state index in [9.17, 15) is 0 Å². The number of anilines is 2. The summed E-state index contributed by atoms with van der Waals surface area (Å²) in [6, 6.07) is 9.88. The number of nitrogen functional groups attached to an aromatic ring is 1. The van der Waals surface area contributed by atoms with E-state index in [1.807, 2.05) is 51.1 Å².